The Balaban J connectivity index is 2.25. The highest BCUT2D eigenvalue weighted by Gasteiger charge is 2.50. The quantitative estimate of drug-likeness (QED) is 0.831. The third-order valence-corrected chi connectivity index (χ3v) is 4.29. The summed E-state index contributed by atoms with van der Waals surface area (Å²) in [6, 6.07) is 7.08. The number of hydrogen-bond donors (Lipinski definition) is 2. The van der Waals surface area contributed by atoms with E-state index in [9.17, 15) is 15.2 Å². The van der Waals surface area contributed by atoms with Crippen molar-refractivity contribution in [2.75, 3.05) is 12.3 Å². The maximum absolute atomic E-state index is 11.8. The van der Waals surface area contributed by atoms with E-state index in [-0.39, 0.29) is 6.61 Å². The molecule has 6 heteroatoms. The molecule has 2 rings (SSSR count). The fourth-order valence-electron chi connectivity index (χ4n) is 3.22. The largest absolute Gasteiger partial charge is 0.490 e. The molecule has 0 spiro atoms. The summed E-state index contributed by atoms with van der Waals surface area (Å²) in [5.74, 6) is 0.401. The number of nitrogen functional groups attached to an aromatic ring is 1. The third-order valence-electron chi connectivity index (χ3n) is 4.29. The van der Waals surface area contributed by atoms with Crippen LogP contribution < -0.4 is 10.5 Å². The average molecular weight is 317 g/mol. The van der Waals surface area contributed by atoms with Gasteiger partial charge in [0, 0.05) is 5.54 Å². The highest BCUT2D eigenvalue weighted by Crippen LogP contribution is 2.42. The van der Waals surface area contributed by atoms with Gasteiger partial charge in [-0.15, -0.1) is 0 Å². The normalized spacial score (nSPS) is 16.1. The molecule has 3 N–H and O–H groups in total. The summed E-state index contributed by atoms with van der Waals surface area (Å²) in [6.07, 6.45) is 1.51. The van der Waals surface area contributed by atoms with E-state index in [1.54, 1.807) is 18.2 Å². The molecule has 1 aromatic rings. The van der Waals surface area contributed by atoms with Gasteiger partial charge in [0.25, 0.3) is 0 Å². The molecule has 1 saturated carbocycles. The zero-order chi connectivity index (χ0) is 17.3. The van der Waals surface area contributed by atoms with E-state index in [2.05, 4.69) is 0 Å². The highest BCUT2D eigenvalue weighted by atomic mass is 16.5. The molecular formula is C17H23N3O3. The average Bonchev–Trinajstić information content (AvgIpc) is 2.39. The predicted octanol–water partition coefficient (Wildman–Crippen LogP) is 3.22. The van der Waals surface area contributed by atoms with Crippen LogP contribution in [-0.2, 0) is 0 Å². The van der Waals surface area contributed by atoms with Crippen molar-refractivity contribution < 1.29 is 14.6 Å². The van der Waals surface area contributed by atoms with E-state index in [0.717, 1.165) is 19.3 Å². The highest BCUT2D eigenvalue weighted by molar-refractivity contribution is 5.67. The number of benzene rings is 1. The van der Waals surface area contributed by atoms with Crippen LogP contribution in [-0.4, -0.2) is 33.8 Å². The summed E-state index contributed by atoms with van der Waals surface area (Å²) in [5.41, 5.74) is 5.36. The van der Waals surface area contributed by atoms with Gasteiger partial charge in [-0.1, -0.05) is 6.07 Å². The second kappa shape index (κ2) is 5.99. The van der Waals surface area contributed by atoms with Crippen molar-refractivity contribution >= 4 is 11.8 Å². The van der Waals surface area contributed by atoms with E-state index in [1.807, 2.05) is 26.8 Å². The minimum atomic E-state index is -0.950. The number of amides is 1. The fourth-order valence-corrected chi connectivity index (χ4v) is 3.22. The maximum Gasteiger partial charge on any atom is 0.408 e. The molecule has 23 heavy (non-hydrogen) atoms. The molecule has 0 aromatic heterocycles. The van der Waals surface area contributed by atoms with E-state index in [1.165, 1.54) is 4.90 Å². The van der Waals surface area contributed by atoms with Gasteiger partial charge >= 0.3 is 6.09 Å². The molecule has 0 aliphatic heterocycles. The minimum absolute atomic E-state index is 0.217. The summed E-state index contributed by atoms with van der Waals surface area (Å²) in [5, 5.41) is 18.9. The van der Waals surface area contributed by atoms with E-state index >= 15 is 0 Å². The molecule has 0 atom stereocenters. The van der Waals surface area contributed by atoms with Crippen molar-refractivity contribution in [3.63, 3.8) is 0 Å². The van der Waals surface area contributed by atoms with Crippen molar-refractivity contribution in [3.8, 4) is 11.8 Å². The van der Waals surface area contributed by atoms with Gasteiger partial charge < -0.3 is 15.6 Å². The second-order valence-electron chi connectivity index (χ2n) is 6.99. The van der Waals surface area contributed by atoms with E-state index in [0.29, 0.717) is 17.0 Å². The van der Waals surface area contributed by atoms with Crippen molar-refractivity contribution in [1.82, 2.24) is 4.90 Å². The Kier molecular flexibility index (Phi) is 4.42. The molecule has 0 saturated heterocycles. The first kappa shape index (κ1) is 16.9. The molecule has 1 amide bonds. The van der Waals surface area contributed by atoms with Gasteiger partial charge in [0.2, 0.25) is 0 Å². The summed E-state index contributed by atoms with van der Waals surface area (Å²) >= 11 is 0. The number of anilines is 1. The number of ether oxygens (including phenoxy) is 1. The SMILES string of the molecule is CC(C)(C)N(C(=O)O)C1(COc2cccc(N)c2C#N)CCC1. The molecule has 1 aliphatic rings. The van der Waals surface area contributed by atoms with Crippen molar-refractivity contribution in [1.29, 1.82) is 5.26 Å². The molecular weight excluding hydrogens is 294 g/mol. The number of carboxylic acid groups (broad SMARTS) is 1. The Hall–Kier alpha value is -2.42. The first-order valence-electron chi connectivity index (χ1n) is 7.66. The van der Waals surface area contributed by atoms with Crippen LogP contribution in [0, 0.1) is 11.3 Å². The van der Waals surface area contributed by atoms with Crippen LogP contribution in [0.15, 0.2) is 18.2 Å². The van der Waals surface area contributed by atoms with Gasteiger partial charge in [0.15, 0.2) is 0 Å². The predicted molar refractivity (Wildman–Crippen MR) is 87.3 cm³/mol. The Bertz CT molecular complexity index is 639. The van der Waals surface area contributed by atoms with Gasteiger partial charge in [-0.3, -0.25) is 4.90 Å². The molecule has 0 bridgehead atoms. The number of nitriles is 1. The minimum Gasteiger partial charge on any atom is -0.490 e. The summed E-state index contributed by atoms with van der Waals surface area (Å²) in [4.78, 5) is 13.3. The first-order chi connectivity index (χ1) is 10.7. The van der Waals surface area contributed by atoms with Crippen LogP contribution in [0.3, 0.4) is 0 Å². The van der Waals surface area contributed by atoms with Crippen LogP contribution in [0.1, 0.15) is 45.6 Å². The van der Waals surface area contributed by atoms with E-state index in [4.69, 9.17) is 10.5 Å². The van der Waals surface area contributed by atoms with Crippen LogP contribution >= 0.6 is 0 Å². The molecule has 0 radical (unpaired) electrons. The van der Waals surface area contributed by atoms with Gasteiger partial charge in [-0.05, 0) is 52.2 Å². The Morgan fingerprint density at radius 3 is 2.57 bits per heavy atom. The van der Waals surface area contributed by atoms with Gasteiger partial charge in [-0.2, -0.15) is 5.26 Å². The maximum atomic E-state index is 11.8. The molecule has 1 aromatic carbocycles. The standard InChI is InChI=1S/C17H23N3O3/c1-16(2,3)20(15(21)22)17(8-5-9-17)11-23-14-7-4-6-13(19)12(14)10-18/h4,6-7H,5,8-9,11,19H2,1-3H3,(H,21,22). The van der Waals surface area contributed by atoms with Crippen LogP contribution in [0.25, 0.3) is 0 Å². The van der Waals surface area contributed by atoms with Crippen molar-refractivity contribution in [3.05, 3.63) is 23.8 Å². The van der Waals surface area contributed by atoms with Crippen molar-refractivity contribution in [2.45, 2.75) is 51.1 Å². The summed E-state index contributed by atoms with van der Waals surface area (Å²) < 4.78 is 5.83. The lowest BCUT2D eigenvalue weighted by Gasteiger charge is -2.53. The number of rotatable bonds is 4. The lowest BCUT2D eigenvalue weighted by Crippen LogP contribution is -2.65. The molecule has 124 valence electrons. The second-order valence-corrected chi connectivity index (χ2v) is 6.99. The topological polar surface area (TPSA) is 99.6 Å². The van der Waals surface area contributed by atoms with Crippen LogP contribution in [0.4, 0.5) is 10.5 Å². The zero-order valence-corrected chi connectivity index (χ0v) is 13.8. The lowest BCUT2D eigenvalue weighted by atomic mass is 9.74. The Morgan fingerprint density at radius 2 is 2.13 bits per heavy atom. The van der Waals surface area contributed by atoms with Crippen molar-refractivity contribution in [2.24, 2.45) is 0 Å². The number of nitrogens with zero attached hydrogens (tertiary/aromatic N) is 2. The van der Waals surface area contributed by atoms with Crippen LogP contribution in [0.2, 0.25) is 0 Å². The smallest absolute Gasteiger partial charge is 0.408 e. The number of nitrogens with two attached hydrogens (primary N) is 1. The molecule has 6 nitrogen and oxygen atoms in total. The first-order valence-corrected chi connectivity index (χ1v) is 7.66. The van der Waals surface area contributed by atoms with E-state index < -0.39 is 17.2 Å². The monoisotopic (exact) mass is 317 g/mol. The molecule has 1 fully saturated rings. The Labute approximate surface area is 136 Å². The Morgan fingerprint density at radius 1 is 1.48 bits per heavy atom. The number of carbonyl (C=O) groups is 1. The summed E-state index contributed by atoms with van der Waals surface area (Å²) in [7, 11) is 0. The van der Waals surface area contributed by atoms with Gasteiger partial charge in [-0.25, -0.2) is 4.79 Å². The molecule has 0 unspecified atom stereocenters. The third kappa shape index (κ3) is 3.19. The summed E-state index contributed by atoms with van der Waals surface area (Å²) in [6.45, 7) is 5.85. The molecule has 1 aliphatic carbocycles. The number of hydrogen-bond acceptors (Lipinski definition) is 4. The van der Waals surface area contributed by atoms with Crippen LogP contribution in [0.5, 0.6) is 5.75 Å². The van der Waals surface area contributed by atoms with Gasteiger partial charge in [0.1, 0.15) is 24.0 Å². The van der Waals surface area contributed by atoms with Gasteiger partial charge in [0.05, 0.1) is 11.2 Å². The zero-order valence-electron chi connectivity index (χ0n) is 13.8. The fraction of sp³-hybridized carbons (Fsp3) is 0.529. The molecule has 0 heterocycles. The lowest BCUT2D eigenvalue weighted by molar-refractivity contribution is -0.0533.